The molecule has 0 atom stereocenters. The minimum Gasteiger partial charge on any atom is -0.477 e. The van der Waals surface area contributed by atoms with Crippen molar-refractivity contribution in [2.24, 2.45) is 0 Å². The summed E-state index contributed by atoms with van der Waals surface area (Å²) in [5.74, 6) is -0.683. The summed E-state index contributed by atoms with van der Waals surface area (Å²) in [6, 6.07) is 10.4. The van der Waals surface area contributed by atoms with Crippen LogP contribution in [0.15, 0.2) is 42.6 Å². The van der Waals surface area contributed by atoms with Crippen LogP contribution in [0.5, 0.6) is 5.75 Å². The lowest BCUT2D eigenvalue weighted by Gasteiger charge is -2.05. The first-order valence-electron chi connectivity index (χ1n) is 6.90. The lowest BCUT2D eigenvalue weighted by molar-refractivity contribution is -0.390. The lowest BCUT2D eigenvalue weighted by Crippen LogP contribution is -2.13. The first kappa shape index (κ1) is 14.7. The van der Waals surface area contributed by atoms with Crippen LogP contribution in [0.2, 0.25) is 0 Å². The second-order valence-electron chi connectivity index (χ2n) is 4.96. The molecule has 0 spiro atoms. The molecule has 23 heavy (non-hydrogen) atoms. The van der Waals surface area contributed by atoms with Gasteiger partial charge < -0.3 is 19.8 Å². The fourth-order valence-corrected chi connectivity index (χ4v) is 2.48. The van der Waals surface area contributed by atoms with Gasteiger partial charge in [0, 0.05) is 22.2 Å². The van der Waals surface area contributed by atoms with Gasteiger partial charge in [0.05, 0.1) is 0 Å². The van der Waals surface area contributed by atoms with Crippen molar-refractivity contribution < 1.29 is 14.5 Å². The Kier molecular flexibility index (Phi) is 3.76. The highest BCUT2D eigenvalue weighted by molar-refractivity contribution is 6.09. The molecule has 0 unspecified atom stereocenters. The molecule has 0 fully saturated rings. The van der Waals surface area contributed by atoms with Gasteiger partial charge in [0.2, 0.25) is 11.5 Å². The van der Waals surface area contributed by atoms with E-state index in [4.69, 9.17) is 4.74 Å². The maximum Gasteiger partial charge on any atom is 0.406 e. The molecular formula is C16H13N3O4. The quantitative estimate of drug-likeness (QED) is 0.443. The predicted octanol–water partition coefficient (Wildman–Crippen LogP) is 3.04. The molecular weight excluding hydrogens is 298 g/mol. The summed E-state index contributed by atoms with van der Waals surface area (Å²) in [5, 5.41) is 11.7. The van der Waals surface area contributed by atoms with Crippen molar-refractivity contribution in [3.8, 4) is 5.75 Å². The van der Waals surface area contributed by atoms with Crippen molar-refractivity contribution in [2.45, 2.75) is 6.92 Å². The topological polar surface area (TPSA) is 98.1 Å². The summed E-state index contributed by atoms with van der Waals surface area (Å²) >= 11 is 0. The number of nitrogens with zero attached hydrogens (tertiary/aromatic N) is 2. The average molecular weight is 311 g/mol. The molecule has 7 nitrogen and oxygen atoms in total. The van der Waals surface area contributed by atoms with E-state index in [9.17, 15) is 14.9 Å². The molecule has 2 heterocycles. The molecule has 2 aromatic heterocycles. The standard InChI is InChI=1S/C16H13N3O4/c1-10-15(11-5-2-3-6-12(11)18-10)13(20)9-23-14-7-4-8-17-16(14)19(21)22/h2-8,18H,9H2,1H3. The van der Waals surface area contributed by atoms with Gasteiger partial charge in [-0.15, -0.1) is 0 Å². The number of fused-ring (bicyclic) bond motifs is 1. The smallest absolute Gasteiger partial charge is 0.406 e. The molecule has 0 amide bonds. The van der Waals surface area contributed by atoms with Crippen LogP contribution in [0.4, 0.5) is 5.82 Å². The average Bonchev–Trinajstić information content (AvgIpc) is 2.88. The second kappa shape index (κ2) is 5.88. The zero-order valence-electron chi connectivity index (χ0n) is 12.3. The molecule has 3 aromatic rings. The van der Waals surface area contributed by atoms with Crippen LogP contribution in [-0.4, -0.2) is 27.3 Å². The third-order valence-corrected chi connectivity index (χ3v) is 3.45. The highest BCUT2D eigenvalue weighted by atomic mass is 16.6. The Hall–Kier alpha value is -3.22. The van der Waals surface area contributed by atoms with E-state index in [0.717, 1.165) is 16.6 Å². The number of carbonyl (C=O) groups is 1. The predicted molar refractivity (Wildman–Crippen MR) is 83.8 cm³/mol. The molecule has 7 heteroatoms. The molecule has 0 saturated carbocycles. The van der Waals surface area contributed by atoms with Crippen LogP contribution in [0.25, 0.3) is 10.9 Å². The van der Waals surface area contributed by atoms with Crippen molar-refractivity contribution in [3.05, 3.63) is 64.0 Å². The van der Waals surface area contributed by atoms with Gasteiger partial charge in [-0.1, -0.05) is 18.2 Å². The number of rotatable bonds is 5. The van der Waals surface area contributed by atoms with E-state index in [1.807, 2.05) is 24.3 Å². The zero-order chi connectivity index (χ0) is 16.4. The second-order valence-corrected chi connectivity index (χ2v) is 4.96. The van der Waals surface area contributed by atoms with E-state index in [1.54, 1.807) is 6.92 Å². The zero-order valence-corrected chi connectivity index (χ0v) is 12.3. The van der Waals surface area contributed by atoms with Gasteiger partial charge in [-0.05, 0) is 35.0 Å². The molecule has 0 aliphatic rings. The van der Waals surface area contributed by atoms with E-state index < -0.39 is 10.7 Å². The highest BCUT2D eigenvalue weighted by Gasteiger charge is 2.20. The van der Waals surface area contributed by atoms with Gasteiger partial charge in [-0.2, -0.15) is 0 Å². The largest absolute Gasteiger partial charge is 0.477 e. The summed E-state index contributed by atoms with van der Waals surface area (Å²) in [6.45, 7) is 1.51. The Morgan fingerprint density at radius 3 is 2.87 bits per heavy atom. The minimum absolute atomic E-state index is 0.0247. The van der Waals surface area contributed by atoms with Crippen LogP contribution >= 0.6 is 0 Å². The Labute approximate surface area is 131 Å². The Bertz CT molecular complexity index is 901. The van der Waals surface area contributed by atoms with E-state index >= 15 is 0 Å². The van der Waals surface area contributed by atoms with E-state index in [2.05, 4.69) is 9.97 Å². The Balaban J connectivity index is 1.85. The summed E-state index contributed by atoms with van der Waals surface area (Å²) < 4.78 is 5.32. The molecule has 0 saturated heterocycles. The fraction of sp³-hybridized carbons (Fsp3) is 0.125. The fourth-order valence-electron chi connectivity index (χ4n) is 2.48. The van der Waals surface area contributed by atoms with E-state index in [-0.39, 0.29) is 18.1 Å². The number of aryl methyl sites for hydroxylation is 1. The number of nitrogens with one attached hydrogen (secondary N) is 1. The third kappa shape index (κ3) is 2.76. The lowest BCUT2D eigenvalue weighted by atomic mass is 10.1. The molecule has 3 rings (SSSR count). The van der Waals surface area contributed by atoms with Crippen molar-refractivity contribution in [1.29, 1.82) is 0 Å². The molecule has 1 N–H and O–H groups in total. The van der Waals surface area contributed by atoms with Crippen LogP contribution in [-0.2, 0) is 0 Å². The Morgan fingerprint density at radius 1 is 1.30 bits per heavy atom. The molecule has 0 bridgehead atoms. The van der Waals surface area contributed by atoms with Gasteiger partial charge in [-0.3, -0.25) is 4.79 Å². The number of nitro groups is 1. The van der Waals surface area contributed by atoms with Crippen molar-refractivity contribution >= 4 is 22.5 Å². The number of aromatic nitrogens is 2. The molecule has 0 aliphatic heterocycles. The number of para-hydroxylation sites is 1. The van der Waals surface area contributed by atoms with Gasteiger partial charge in [0.1, 0.15) is 6.20 Å². The minimum atomic E-state index is -0.642. The number of ketones is 1. The summed E-state index contributed by atoms with van der Waals surface area (Å²) in [7, 11) is 0. The first-order chi connectivity index (χ1) is 11.1. The van der Waals surface area contributed by atoms with Gasteiger partial charge in [0.25, 0.3) is 0 Å². The maximum atomic E-state index is 12.5. The van der Waals surface area contributed by atoms with E-state index in [0.29, 0.717) is 5.56 Å². The number of pyridine rings is 1. The van der Waals surface area contributed by atoms with Crippen LogP contribution in [0, 0.1) is 17.0 Å². The molecule has 0 radical (unpaired) electrons. The molecule has 116 valence electrons. The molecule has 0 aliphatic carbocycles. The van der Waals surface area contributed by atoms with Gasteiger partial charge in [0.15, 0.2) is 6.61 Å². The van der Waals surface area contributed by atoms with Crippen LogP contribution in [0.3, 0.4) is 0 Å². The van der Waals surface area contributed by atoms with E-state index in [1.165, 1.54) is 18.3 Å². The van der Waals surface area contributed by atoms with Gasteiger partial charge >= 0.3 is 5.82 Å². The van der Waals surface area contributed by atoms with Crippen molar-refractivity contribution in [1.82, 2.24) is 9.97 Å². The third-order valence-electron chi connectivity index (χ3n) is 3.45. The number of Topliss-reactive ketones (excluding diaryl/α,β-unsaturated/α-hetero) is 1. The number of hydrogen-bond acceptors (Lipinski definition) is 5. The summed E-state index contributed by atoms with van der Waals surface area (Å²) in [4.78, 5) is 29.5. The SMILES string of the molecule is Cc1[nH]c2ccccc2c1C(=O)COc1cccnc1[N+](=O)[O-]. The number of carbonyl (C=O) groups excluding carboxylic acids is 1. The number of aromatic amines is 1. The maximum absolute atomic E-state index is 12.5. The van der Waals surface area contributed by atoms with Crippen LogP contribution < -0.4 is 4.74 Å². The number of ether oxygens (including phenoxy) is 1. The van der Waals surface area contributed by atoms with Crippen LogP contribution in [0.1, 0.15) is 16.1 Å². The first-order valence-corrected chi connectivity index (χ1v) is 6.90. The normalized spacial score (nSPS) is 10.7. The Morgan fingerprint density at radius 2 is 2.09 bits per heavy atom. The highest BCUT2D eigenvalue weighted by Crippen LogP contribution is 2.25. The molecule has 1 aromatic carbocycles. The number of benzene rings is 1. The van der Waals surface area contributed by atoms with Crippen molar-refractivity contribution in [3.63, 3.8) is 0 Å². The monoisotopic (exact) mass is 311 g/mol. The number of H-pyrrole nitrogens is 1. The van der Waals surface area contributed by atoms with Gasteiger partial charge in [-0.25, -0.2) is 0 Å². The summed E-state index contributed by atoms with van der Waals surface area (Å²) in [6.07, 6.45) is 1.30. The summed E-state index contributed by atoms with van der Waals surface area (Å²) in [5.41, 5.74) is 2.13. The number of hydrogen-bond donors (Lipinski definition) is 1. The van der Waals surface area contributed by atoms with Crippen molar-refractivity contribution in [2.75, 3.05) is 6.61 Å².